The lowest BCUT2D eigenvalue weighted by Crippen LogP contribution is -2.11. The van der Waals surface area contributed by atoms with E-state index in [4.69, 9.17) is 4.98 Å². The van der Waals surface area contributed by atoms with Crippen molar-refractivity contribution in [1.29, 1.82) is 0 Å². The summed E-state index contributed by atoms with van der Waals surface area (Å²) >= 11 is 0. The second-order valence-electron chi connectivity index (χ2n) is 6.28. The van der Waals surface area contributed by atoms with E-state index in [1.54, 1.807) is 12.1 Å². The molecule has 0 spiro atoms. The van der Waals surface area contributed by atoms with Gasteiger partial charge in [-0.3, -0.25) is 0 Å². The first-order valence-electron chi connectivity index (χ1n) is 6.68. The predicted octanol–water partition coefficient (Wildman–Crippen LogP) is 4.00. The number of phenolic OH excluding ortho intramolecular Hbond substituents is 1. The number of rotatable bonds is 2. The zero-order valence-electron chi connectivity index (χ0n) is 12.3. The summed E-state index contributed by atoms with van der Waals surface area (Å²) in [5, 5.41) is 9.39. The summed E-state index contributed by atoms with van der Waals surface area (Å²) in [6.45, 7) is 10.8. The SMILES string of the molecule is CC(C)c1nc(C(C)(C)C)cn1-c1ccc(O)cc1. The van der Waals surface area contributed by atoms with E-state index in [9.17, 15) is 5.11 Å². The van der Waals surface area contributed by atoms with Gasteiger partial charge in [0, 0.05) is 23.2 Å². The molecule has 0 saturated heterocycles. The molecule has 0 amide bonds. The smallest absolute Gasteiger partial charge is 0.116 e. The number of phenols is 1. The predicted molar refractivity (Wildman–Crippen MR) is 78.0 cm³/mol. The van der Waals surface area contributed by atoms with Crippen LogP contribution in [0.2, 0.25) is 0 Å². The lowest BCUT2D eigenvalue weighted by Gasteiger charge is -2.14. The van der Waals surface area contributed by atoms with E-state index in [0.717, 1.165) is 17.2 Å². The van der Waals surface area contributed by atoms with Crippen molar-refractivity contribution in [2.24, 2.45) is 0 Å². The van der Waals surface area contributed by atoms with E-state index in [2.05, 4.69) is 45.4 Å². The van der Waals surface area contributed by atoms with Gasteiger partial charge in [-0.25, -0.2) is 4.98 Å². The van der Waals surface area contributed by atoms with Crippen LogP contribution in [0.15, 0.2) is 30.5 Å². The van der Waals surface area contributed by atoms with Crippen molar-refractivity contribution in [2.75, 3.05) is 0 Å². The first-order chi connectivity index (χ1) is 8.79. The Morgan fingerprint density at radius 2 is 1.68 bits per heavy atom. The number of nitrogens with zero attached hydrogens (tertiary/aromatic N) is 2. The molecule has 1 heterocycles. The van der Waals surface area contributed by atoms with Gasteiger partial charge in [-0.05, 0) is 24.3 Å². The molecule has 0 aliphatic rings. The van der Waals surface area contributed by atoms with Gasteiger partial charge in [-0.1, -0.05) is 34.6 Å². The van der Waals surface area contributed by atoms with E-state index in [-0.39, 0.29) is 11.2 Å². The Morgan fingerprint density at radius 3 is 2.16 bits per heavy atom. The van der Waals surface area contributed by atoms with Crippen LogP contribution in [0.1, 0.15) is 52.1 Å². The largest absolute Gasteiger partial charge is 0.508 e. The van der Waals surface area contributed by atoms with Gasteiger partial charge < -0.3 is 9.67 Å². The van der Waals surface area contributed by atoms with E-state index in [1.807, 2.05) is 12.1 Å². The van der Waals surface area contributed by atoms with Crippen LogP contribution in [-0.4, -0.2) is 14.7 Å². The summed E-state index contributed by atoms with van der Waals surface area (Å²) in [5.41, 5.74) is 2.15. The van der Waals surface area contributed by atoms with E-state index < -0.39 is 0 Å². The average Bonchev–Trinajstić information content (AvgIpc) is 2.74. The van der Waals surface area contributed by atoms with Gasteiger partial charge in [-0.15, -0.1) is 0 Å². The highest BCUT2D eigenvalue weighted by Crippen LogP contribution is 2.27. The number of aromatic hydroxyl groups is 1. The fourth-order valence-corrected chi connectivity index (χ4v) is 1.98. The molecule has 0 unspecified atom stereocenters. The van der Waals surface area contributed by atoms with Gasteiger partial charge in [0.1, 0.15) is 11.6 Å². The van der Waals surface area contributed by atoms with Crippen LogP contribution in [0.25, 0.3) is 5.69 Å². The molecule has 102 valence electrons. The van der Waals surface area contributed by atoms with Crippen LogP contribution in [0.5, 0.6) is 5.75 Å². The van der Waals surface area contributed by atoms with Crippen molar-refractivity contribution in [2.45, 2.75) is 46.0 Å². The molecule has 0 aliphatic carbocycles. The van der Waals surface area contributed by atoms with E-state index >= 15 is 0 Å². The van der Waals surface area contributed by atoms with Gasteiger partial charge in [0.2, 0.25) is 0 Å². The fourth-order valence-electron chi connectivity index (χ4n) is 1.98. The van der Waals surface area contributed by atoms with Crippen molar-refractivity contribution in [3.63, 3.8) is 0 Å². The molecule has 0 atom stereocenters. The Kier molecular flexibility index (Phi) is 3.40. The standard InChI is InChI=1S/C16H22N2O/c1-11(2)15-17-14(16(3,4)5)10-18(15)12-6-8-13(19)9-7-12/h6-11,19H,1-5H3. The van der Waals surface area contributed by atoms with Crippen molar-refractivity contribution in [1.82, 2.24) is 9.55 Å². The molecule has 0 radical (unpaired) electrons. The first-order valence-corrected chi connectivity index (χ1v) is 6.68. The molecule has 1 aromatic heterocycles. The number of aromatic nitrogens is 2. The molecular formula is C16H22N2O. The second-order valence-corrected chi connectivity index (χ2v) is 6.28. The van der Waals surface area contributed by atoms with Crippen LogP contribution >= 0.6 is 0 Å². The summed E-state index contributed by atoms with van der Waals surface area (Å²) < 4.78 is 2.12. The Balaban J connectivity index is 2.55. The van der Waals surface area contributed by atoms with Crippen LogP contribution < -0.4 is 0 Å². The van der Waals surface area contributed by atoms with Crippen molar-refractivity contribution in [3.8, 4) is 11.4 Å². The normalized spacial score (nSPS) is 12.1. The molecule has 0 bridgehead atoms. The molecule has 2 aromatic rings. The number of hydrogen-bond donors (Lipinski definition) is 1. The van der Waals surface area contributed by atoms with Crippen molar-refractivity contribution in [3.05, 3.63) is 42.0 Å². The first kappa shape index (κ1) is 13.7. The highest BCUT2D eigenvalue weighted by Gasteiger charge is 2.21. The van der Waals surface area contributed by atoms with Gasteiger partial charge in [0.05, 0.1) is 5.69 Å². The molecule has 0 saturated carbocycles. The van der Waals surface area contributed by atoms with Gasteiger partial charge in [0.15, 0.2) is 0 Å². The van der Waals surface area contributed by atoms with Crippen LogP contribution in [0.3, 0.4) is 0 Å². The Labute approximate surface area is 114 Å². The highest BCUT2D eigenvalue weighted by atomic mass is 16.3. The number of hydrogen-bond acceptors (Lipinski definition) is 2. The zero-order valence-corrected chi connectivity index (χ0v) is 12.3. The van der Waals surface area contributed by atoms with Crippen LogP contribution in [-0.2, 0) is 5.41 Å². The molecule has 0 aliphatic heterocycles. The maximum atomic E-state index is 9.39. The molecule has 0 fully saturated rings. The fraction of sp³-hybridized carbons (Fsp3) is 0.438. The van der Waals surface area contributed by atoms with Crippen LogP contribution in [0.4, 0.5) is 0 Å². The maximum Gasteiger partial charge on any atom is 0.116 e. The topological polar surface area (TPSA) is 38.0 Å². The number of benzene rings is 1. The lowest BCUT2D eigenvalue weighted by molar-refractivity contribution is 0.475. The van der Waals surface area contributed by atoms with Gasteiger partial charge in [-0.2, -0.15) is 0 Å². The summed E-state index contributed by atoms with van der Waals surface area (Å²) in [6.07, 6.45) is 2.10. The van der Waals surface area contributed by atoms with E-state index in [0.29, 0.717) is 5.92 Å². The quantitative estimate of drug-likeness (QED) is 0.884. The molecule has 19 heavy (non-hydrogen) atoms. The molecule has 2 rings (SSSR count). The highest BCUT2D eigenvalue weighted by molar-refractivity contribution is 5.39. The third-order valence-corrected chi connectivity index (χ3v) is 3.15. The molecule has 3 nitrogen and oxygen atoms in total. The molecule has 1 N–H and O–H groups in total. The Morgan fingerprint density at radius 1 is 1.11 bits per heavy atom. The minimum Gasteiger partial charge on any atom is -0.508 e. The second kappa shape index (κ2) is 4.72. The Hall–Kier alpha value is -1.77. The summed E-state index contributed by atoms with van der Waals surface area (Å²) in [5.74, 6) is 1.69. The third-order valence-electron chi connectivity index (χ3n) is 3.15. The lowest BCUT2D eigenvalue weighted by atomic mass is 9.93. The number of imidazole rings is 1. The summed E-state index contributed by atoms with van der Waals surface area (Å²) in [4.78, 5) is 4.78. The van der Waals surface area contributed by atoms with Gasteiger partial charge >= 0.3 is 0 Å². The minimum absolute atomic E-state index is 0.0335. The maximum absolute atomic E-state index is 9.39. The molecule has 1 aromatic carbocycles. The van der Waals surface area contributed by atoms with E-state index in [1.165, 1.54) is 0 Å². The average molecular weight is 258 g/mol. The minimum atomic E-state index is 0.0335. The van der Waals surface area contributed by atoms with Gasteiger partial charge in [0.25, 0.3) is 0 Å². The Bertz CT molecular complexity index is 559. The van der Waals surface area contributed by atoms with Crippen molar-refractivity contribution < 1.29 is 5.11 Å². The summed E-state index contributed by atoms with van der Waals surface area (Å²) in [6, 6.07) is 7.23. The molecular weight excluding hydrogens is 236 g/mol. The van der Waals surface area contributed by atoms with Crippen molar-refractivity contribution >= 4 is 0 Å². The molecule has 3 heteroatoms. The monoisotopic (exact) mass is 258 g/mol. The third kappa shape index (κ3) is 2.80. The summed E-state index contributed by atoms with van der Waals surface area (Å²) in [7, 11) is 0. The zero-order chi connectivity index (χ0) is 14.2. The van der Waals surface area contributed by atoms with Crippen LogP contribution in [0, 0.1) is 0 Å².